The Bertz CT molecular complexity index is 1030. The van der Waals surface area contributed by atoms with Crippen molar-refractivity contribution in [1.82, 2.24) is 25.0 Å². The van der Waals surface area contributed by atoms with Crippen LogP contribution in [0.2, 0.25) is 0 Å². The van der Waals surface area contributed by atoms with Crippen LogP contribution in [-0.4, -0.2) is 30.9 Å². The van der Waals surface area contributed by atoms with E-state index >= 15 is 0 Å². The van der Waals surface area contributed by atoms with Crippen LogP contribution in [0.25, 0.3) is 5.69 Å². The maximum atomic E-state index is 12.4. The molecule has 0 aliphatic carbocycles. The minimum atomic E-state index is -0.347. The molecule has 0 bridgehead atoms. The van der Waals surface area contributed by atoms with Crippen LogP contribution in [0.3, 0.4) is 0 Å². The molecule has 0 aliphatic rings. The van der Waals surface area contributed by atoms with E-state index in [9.17, 15) is 4.79 Å². The topological polar surface area (TPSA) is 94.8 Å². The second-order valence-corrected chi connectivity index (χ2v) is 5.51. The van der Waals surface area contributed by atoms with E-state index in [1.54, 1.807) is 47.5 Å². The van der Waals surface area contributed by atoms with Crippen molar-refractivity contribution in [3.8, 4) is 17.3 Å². The van der Waals surface area contributed by atoms with Crippen LogP contribution in [0, 0.1) is 0 Å². The van der Waals surface area contributed by atoms with Crippen molar-refractivity contribution in [1.29, 1.82) is 0 Å². The van der Waals surface area contributed by atoms with Crippen LogP contribution in [-0.2, 0) is 0 Å². The second kappa shape index (κ2) is 7.44. The smallest absolute Gasteiger partial charge is 0.277 e. The van der Waals surface area contributed by atoms with Gasteiger partial charge in [-0.05, 0) is 36.4 Å². The molecule has 8 nitrogen and oxygen atoms in total. The number of carbonyl (C=O) groups is 1. The lowest BCUT2D eigenvalue weighted by molar-refractivity contribution is 0.102. The van der Waals surface area contributed by atoms with Gasteiger partial charge >= 0.3 is 0 Å². The third kappa shape index (κ3) is 3.96. The average Bonchev–Trinajstić information content (AvgIpc) is 3.21. The summed E-state index contributed by atoms with van der Waals surface area (Å²) in [6.45, 7) is 0. The summed E-state index contributed by atoms with van der Waals surface area (Å²) >= 11 is 0. The van der Waals surface area contributed by atoms with Gasteiger partial charge in [0.05, 0.1) is 18.1 Å². The van der Waals surface area contributed by atoms with Crippen LogP contribution in [0.15, 0.2) is 79.4 Å². The minimum absolute atomic E-state index is 0.221. The van der Waals surface area contributed by atoms with Crippen LogP contribution in [0.1, 0.15) is 10.5 Å². The molecule has 0 saturated heterocycles. The summed E-state index contributed by atoms with van der Waals surface area (Å²) in [6, 6.07) is 16.4. The van der Waals surface area contributed by atoms with E-state index in [1.807, 2.05) is 30.3 Å². The molecule has 0 unspecified atom stereocenters. The van der Waals surface area contributed by atoms with E-state index < -0.39 is 0 Å². The van der Waals surface area contributed by atoms with E-state index in [0.717, 1.165) is 5.69 Å². The molecule has 0 atom stereocenters. The SMILES string of the molecule is O=C(Nc1ccc(Oc2cnccn2)cc1)c1cn(-c2ccccc2)nn1. The Morgan fingerprint density at radius 3 is 2.56 bits per heavy atom. The van der Waals surface area contributed by atoms with Gasteiger partial charge in [0.25, 0.3) is 5.91 Å². The Balaban J connectivity index is 1.42. The van der Waals surface area contributed by atoms with Gasteiger partial charge in [0.15, 0.2) is 5.69 Å². The second-order valence-electron chi connectivity index (χ2n) is 5.51. The lowest BCUT2D eigenvalue weighted by Gasteiger charge is -2.06. The number of hydrogen-bond acceptors (Lipinski definition) is 6. The third-order valence-electron chi connectivity index (χ3n) is 3.62. The van der Waals surface area contributed by atoms with Gasteiger partial charge in [0.2, 0.25) is 5.88 Å². The highest BCUT2D eigenvalue weighted by atomic mass is 16.5. The molecule has 4 rings (SSSR count). The number of amides is 1. The zero-order chi connectivity index (χ0) is 18.5. The van der Waals surface area contributed by atoms with Gasteiger partial charge in [-0.25, -0.2) is 9.67 Å². The summed E-state index contributed by atoms with van der Waals surface area (Å²) in [5.41, 5.74) is 1.66. The van der Waals surface area contributed by atoms with Crippen LogP contribution in [0.4, 0.5) is 5.69 Å². The van der Waals surface area contributed by atoms with Crippen LogP contribution >= 0.6 is 0 Å². The fraction of sp³-hybridized carbons (Fsp3) is 0. The molecule has 8 heteroatoms. The summed E-state index contributed by atoms with van der Waals surface area (Å²) in [6.07, 6.45) is 6.22. The van der Waals surface area contributed by atoms with Crippen molar-refractivity contribution >= 4 is 11.6 Å². The van der Waals surface area contributed by atoms with Gasteiger partial charge in [-0.15, -0.1) is 5.10 Å². The predicted molar refractivity (Wildman–Crippen MR) is 97.9 cm³/mol. The first-order valence-electron chi connectivity index (χ1n) is 8.11. The molecule has 2 aromatic heterocycles. The quantitative estimate of drug-likeness (QED) is 0.589. The highest BCUT2D eigenvalue weighted by Crippen LogP contribution is 2.21. The minimum Gasteiger partial charge on any atom is -0.438 e. The first kappa shape index (κ1) is 16.4. The molecule has 132 valence electrons. The summed E-state index contributed by atoms with van der Waals surface area (Å²) in [4.78, 5) is 20.3. The highest BCUT2D eigenvalue weighted by Gasteiger charge is 2.12. The number of para-hydroxylation sites is 1. The maximum Gasteiger partial charge on any atom is 0.277 e. The summed E-state index contributed by atoms with van der Waals surface area (Å²) < 4.78 is 7.11. The van der Waals surface area contributed by atoms with Gasteiger partial charge < -0.3 is 10.1 Å². The number of benzene rings is 2. The number of rotatable bonds is 5. The molecule has 2 heterocycles. The summed E-state index contributed by atoms with van der Waals surface area (Å²) in [5.74, 6) is 0.634. The Labute approximate surface area is 154 Å². The van der Waals surface area contributed by atoms with Gasteiger partial charge in [-0.1, -0.05) is 23.4 Å². The third-order valence-corrected chi connectivity index (χ3v) is 3.62. The maximum absolute atomic E-state index is 12.4. The Morgan fingerprint density at radius 2 is 1.81 bits per heavy atom. The summed E-state index contributed by atoms with van der Waals surface area (Å²) in [5, 5.41) is 10.7. The number of nitrogens with zero attached hydrogens (tertiary/aromatic N) is 5. The molecule has 0 radical (unpaired) electrons. The molecule has 0 aliphatic heterocycles. The van der Waals surface area contributed by atoms with Crippen molar-refractivity contribution < 1.29 is 9.53 Å². The predicted octanol–water partition coefficient (Wildman–Crippen LogP) is 3.10. The lowest BCUT2D eigenvalue weighted by atomic mass is 10.3. The zero-order valence-corrected chi connectivity index (χ0v) is 14.1. The van der Waals surface area contributed by atoms with E-state index in [4.69, 9.17) is 4.74 Å². The van der Waals surface area contributed by atoms with Crippen molar-refractivity contribution in [3.05, 3.63) is 85.1 Å². The van der Waals surface area contributed by atoms with Crippen molar-refractivity contribution in [2.75, 3.05) is 5.32 Å². The molecule has 27 heavy (non-hydrogen) atoms. The van der Waals surface area contributed by atoms with Crippen molar-refractivity contribution in [2.24, 2.45) is 0 Å². The van der Waals surface area contributed by atoms with Gasteiger partial charge in [0.1, 0.15) is 5.75 Å². The fourth-order valence-electron chi connectivity index (χ4n) is 2.34. The Hall–Kier alpha value is -4.07. The molecule has 4 aromatic rings. The number of carbonyl (C=O) groups excluding carboxylic acids is 1. The van der Waals surface area contributed by atoms with Crippen LogP contribution < -0.4 is 10.1 Å². The number of nitrogens with one attached hydrogen (secondary N) is 1. The standard InChI is InChI=1S/C19H14N6O2/c26-19(17-13-25(24-23-17)15-4-2-1-3-5-15)22-14-6-8-16(9-7-14)27-18-12-20-10-11-21-18/h1-13H,(H,22,26). The van der Waals surface area contributed by atoms with E-state index in [2.05, 4.69) is 25.6 Å². The Kier molecular flexibility index (Phi) is 4.52. The Morgan fingerprint density at radius 1 is 1.00 bits per heavy atom. The van der Waals surface area contributed by atoms with Gasteiger partial charge in [-0.3, -0.25) is 9.78 Å². The van der Waals surface area contributed by atoms with Crippen molar-refractivity contribution in [3.63, 3.8) is 0 Å². The van der Waals surface area contributed by atoms with E-state index in [-0.39, 0.29) is 11.6 Å². The van der Waals surface area contributed by atoms with Crippen molar-refractivity contribution in [2.45, 2.75) is 0 Å². The molecule has 0 spiro atoms. The largest absolute Gasteiger partial charge is 0.438 e. The molecule has 2 aromatic carbocycles. The molecule has 0 saturated carbocycles. The first-order valence-corrected chi connectivity index (χ1v) is 8.11. The molecular formula is C19H14N6O2. The van der Waals surface area contributed by atoms with E-state index in [1.165, 1.54) is 6.20 Å². The molecule has 0 fully saturated rings. The van der Waals surface area contributed by atoms with Gasteiger partial charge in [0, 0.05) is 18.1 Å². The molecule has 1 amide bonds. The number of aromatic nitrogens is 5. The number of hydrogen-bond donors (Lipinski definition) is 1. The number of anilines is 1. The number of ether oxygens (including phenoxy) is 1. The molecular weight excluding hydrogens is 344 g/mol. The van der Waals surface area contributed by atoms with Gasteiger partial charge in [-0.2, -0.15) is 0 Å². The van der Waals surface area contributed by atoms with E-state index in [0.29, 0.717) is 17.3 Å². The summed E-state index contributed by atoms with van der Waals surface area (Å²) in [7, 11) is 0. The average molecular weight is 358 g/mol. The van der Waals surface area contributed by atoms with Crippen LogP contribution in [0.5, 0.6) is 11.6 Å². The normalized spacial score (nSPS) is 10.4. The monoisotopic (exact) mass is 358 g/mol. The lowest BCUT2D eigenvalue weighted by Crippen LogP contribution is -2.12. The molecule has 1 N–H and O–H groups in total. The highest BCUT2D eigenvalue weighted by molar-refractivity contribution is 6.02. The first-order chi connectivity index (χ1) is 13.3. The zero-order valence-electron chi connectivity index (χ0n) is 14.1. The fourth-order valence-corrected chi connectivity index (χ4v) is 2.34.